The lowest BCUT2D eigenvalue weighted by molar-refractivity contribution is 0.0468. The first-order valence-corrected chi connectivity index (χ1v) is 11.7. The molecule has 2 aliphatic carbocycles. The molecule has 3 N–H and O–H groups in total. The van der Waals surface area contributed by atoms with Gasteiger partial charge in [-0.2, -0.15) is 4.98 Å². The molecule has 2 aromatic heterocycles. The number of aromatic amines is 1. The number of hydrogen-bond donors (Lipinski definition) is 2. The van der Waals surface area contributed by atoms with Crippen molar-refractivity contribution in [1.82, 2.24) is 19.4 Å². The molecule has 2 aliphatic rings. The van der Waals surface area contributed by atoms with Crippen molar-refractivity contribution in [3.05, 3.63) is 18.6 Å². The number of quaternary nitrogens is 1. The predicted molar refractivity (Wildman–Crippen MR) is 121 cm³/mol. The maximum absolute atomic E-state index is 7.27. The minimum atomic E-state index is 0.0655. The van der Waals surface area contributed by atoms with E-state index in [0.29, 0.717) is 12.0 Å². The van der Waals surface area contributed by atoms with E-state index in [9.17, 15) is 0 Å². The number of rotatable bonds is 4. The maximum Gasteiger partial charge on any atom is 0.241 e. The number of nitrogens with zero attached hydrogens (tertiary/aromatic N) is 3. The van der Waals surface area contributed by atoms with Crippen LogP contribution in [0.15, 0.2) is 18.6 Å². The van der Waals surface area contributed by atoms with Gasteiger partial charge in [0.1, 0.15) is 23.5 Å². The number of aromatic nitrogens is 3. The third kappa shape index (κ3) is 3.84. The van der Waals surface area contributed by atoms with Crippen LogP contribution in [0.25, 0.3) is 11.0 Å². The van der Waals surface area contributed by atoms with Gasteiger partial charge in [0.2, 0.25) is 5.82 Å². The normalized spacial score (nSPS) is 36.6. The van der Waals surface area contributed by atoms with E-state index in [2.05, 4.69) is 50.8 Å². The van der Waals surface area contributed by atoms with Gasteiger partial charge in [-0.05, 0) is 55.4 Å². The standard InChI is InChI=1S/C24H40N5/c1-15-8-16(2)11-19(10-15)22(25)29(5,20-12-17(3)9-18(4)13-20)24-21-6-7-26-23(21)27-14-28-24/h6-7,14-20,22H,8-13,25H2,1-5H3,(H,26,27,28)/q+1. The molecule has 2 heterocycles. The van der Waals surface area contributed by atoms with Gasteiger partial charge in [0, 0.05) is 25.0 Å². The molecule has 0 bridgehead atoms. The van der Waals surface area contributed by atoms with E-state index in [-0.39, 0.29) is 6.17 Å². The van der Waals surface area contributed by atoms with Crippen molar-refractivity contribution in [2.45, 2.75) is 78.4 Å². The molecule has 2 fully saturated rings. The third-order valence-electron chi connectivity index (χ3n) is 8.02. The molecule has 6 unspecified atom stereocenters. The molecule has 5 nitrogen and oxygen atoms in total. The minimum Gasteiger partial charge on any atom is -0.346 e. The second kappa shape index (κ2) is 7.99. The second-order valence-electron chi connectivity index (χ2n) is 10.8. The van der Waals surface area contributed by atoms with Crippen LogP contribution in [0, 0.1) is 29.6 Å². The summed E-state index contributed by atoms with van der Waals surface area (Å²) in [6.45, 7) is 9.63. The highest BCUT2D eigenvalue weighted by Crippen LogP contribution is 2.44. The Balaban J connectivity index is 1.79. The van der Waals surface area contributed by atoms with E-state index in [4.69, 9.17) is 10.7 Å². The van der Waals surface area contributed by atoms with Crippen LogP contribution in [0.5, 0.6) is 0 Å². The SMILES string of the molecule is CC1CC(C)CC(C(N)[N+](C)(c2ncnc3[nH]ccc23)C2CC(C)CC(C)C2)C1. The summed E-state index contributed by atoms with van der Waals surface area (Å²) in [6, 6.07) is 2.64. The quantitative estimate of drug-likeness (QED) is 0.558. The van der Waals surface area contributed by atoms with E-state index < -0.39 is 0 Å². The summed E-state index contributed by atoms with van der Waals surface area (Å²) in [6.07, 6.45) is 11.3. The van der Waals surface area contributed by atoms with Gasteiger partial charge >= 0.3 is 0 Å². The largest absolute Gasteiger partial charge is 0.346 e. The lowest BCUT2D eigenvalue weighted by Crippen LogP contribution is -2.68. The number of nitrogens with two attached hydrogens (primary N) is 1. The van der Waals surface area contributed by atoms with Gasteiger partial charge in [0.05, 0.1) is 13.1 Å². The molecule has 5 heteroatoms. The van der Waals surface area contributed by atoms with Crippen LogP contribution >= 0.6 is 0 Å². The van der Waals surface area contributed by atoms with Gasteiger partial charge in [-0.15, -0.1) is 0 Å². The monoisotopic (exact) mass is 398 g/mol. The molecule has 0 aromatic carbocycles. The average Bonchev–Trinajstić information content (AvgIpc) is 3.14. The fraction of sp³-hybridized carbons (Fsp3) is 0.750. The fourth-order valence-electron chi connectivity index (χ4n) is 6.87. The second-order valence-corrected chi connectivity index (χ2v) is 10.8. The van der Waals surface area contributed by atoms with Crippen LogP contribution in [0.3, 0.4) is 0 Å². The van der Waals surface area contributed by atoms with Crippen LogP contribution in [0.1, 0.15) is 66.2 Å². The Hall–Kier alpha value is -1.46. The Morgan fingerprint density at radius 2 is 1.52 bits per heavy atom. The highest BCUT2D eigenvalue weighted by atomic mass is 15.5. The number of H-pyrrole nitrogens is 1. The molecule has 160 valence electrons. The molecule has 0 saturated heterocycles. The third-order valence-corrected chi connectivity index (χ3v) is 8.02. The Morgan fingerprint density at radius 3 is 2.14 bits per heavy atom. The van der Waals surface area contributed by atoms with Crippen LogP contribution in [-0.2, 0) is 0 Å². The zero-order chi connectivity index (χ0) is 20.8. The Morgan fingerprint density at radius 1 is 0.931 bits per heavy atom. The van der Waals surface area contributed by atoms with E-state index in [1.54, 1.807) is 6.33 Å². The topological polar surface area (TPSA) is 67.6 Å². The van der Waals surface area contributed by atoms with E-state index in [0.717, 1.165) is 45.0 Å². The smallest absolute Gasteiger partial charge is 0.241 e. The maximum atomic E-state index is 7.27. The molecule has 0 spiro atoms. The Kier molecular flexibility index (Phi) is 5.73. The minimum absolute atomic E-state index is 0.0655. The first-order chi connectivity index (χ1) is 13.8. The fourth-order valence-corrected chi connectivity index (χ4v) is 6.87. The van der Waals surface area contributed by atoms with E-state index in [1.807, 2.05) is 6.20 Å². The van der Waals surface area contributed by atoms with Crippen molar-refractivity contribution >= 4 is 16.9 Å². The summed E-state index contributed by atoms with van der Waals surface area (Å²) in [7, 11) is 2.37. The summed E-state index contributed by atoms with van der Waals surface area (Å²) in [5, 5.41) is 1.13. The van der Waals surface area contributed by atoms with Gasteiger partial charge in [0.15, 0.2) is 0 Å². The summed E-state index contributed by atoms with van der Waals surface area (Å²) >= 11 is 0. The number of nitrogens with one attached hydrogen (secondary N) is 1. The summed E-state index contributed by atoms with van der Waals surface area (Å²) in [5.74, 6) is 4.63. The van der Waals surface area contributed by atoms with Gasteiger partial charge in [-0.1, -0.05) is 27.7 Å². The zero-order valence-corrected chi connectivity index (χ0v) is 18.9. The van der Waals surface area contributed by atoms with Gasteiger partial charge in [-0.25, -0.2) is 4.98 Å². The molecule has 2 aromatic rings. The summed E-state index contributed by atoms with van der Waals surface area (Å²) < 4.78 is 0.746. The van der Waals surface area contributed by atoms with Gasteiger partial charge in [-0.3, -0.25) is 10.2 Å². The highest BCUT2D eigenvalue weighted by molar-refractivity contribution is 5.86. The van der Waals surface area contributed by atoms with Crippen molar-refractivity contribution < 1.29 is 0 Å². The van der Waals surface area contributed by atoms with Crippen molar-refractivity contribution in [2.75, 3.05) is 7.05 Å². The van der Waals surface area contributed by atoms with Crippen LogP contribution < -0.4 is 10.2 Å². The van der Waals surface area contributed by atoms with Crippen molar-refractivity contribution in [3.63, 3.8) is 0 Å². The zero-order valence-electron chi connectivity index (χ0n) is 18.9. The number of fused-ring (bicyclic) bond motifs is 1. The first kappa shape index (κ1) is 20.8. The van der Waals surface area contributed by atoms with Crippen molar-refractivity contribution in [1.29, 1.82) is 0 Å². The molecular formula is C24H40N5+. The highest BCUT2D eigenvalue weighted by Gasteiger charge is 2.49. The molecule has 0 radical (unpaired) electrons. The molecular weight excluding hydrogens is 358 g/mol. The Bertz CT molecular complexity index is 812. The molecule has 6 atom stereocenters. The lowest BCUT2D eigenvalue weighted by atomic mass is 9.73. The van der Waals surface area contributed by atoms with Crippen LogP contribution in [-0.4, -0.2) is 34.2 Å². The molecule has 0 amide bonds. The van der Waals surface area contributed by atoms with Crippen LogP contribution in [0.2, 0.25) is 0 Å². The van der Waals surface area contributed by atoms with E-state index in [1.165, 1.54) is 38.5 Å². The molecule has 4 rings (SSSR count). The molecule has 29 heavy (non-hydrogen) atoms. The van der Waals surface area contributed by atoms with Gasteiger partial charge in [0.25, 0.3) is 0 Å². The average molecular weight is 399 g/mol. The molecule has 0 aliphatic heterocycles. The Labute approximate surface area is 176 Å². The van der Waals surface area contributed by atoms with E-state index >= 15 is 0 Å². The first-order valence-electron chi connectivity index (χ1n) is 11.7. The van der Waals surface area contributed by atoms with Crippen LogP contribution in [0.4, 0.5) is 5.82 Å². The summed E-state index contributed by atoms with van der Waals surface area (Å²) in [5.41, 5.74) is 8.19. The van der Waals surface area contributed by atoms with Crippen molar-refractivity contribution in [2.24, 2.45) is 35.3 Å². The van der Waals surface area contributed by atoms with Gasteiger partial charge < -0.3 is 4.98 Å². The predicted octanol–water partition coefficient (Wildman–Crippen LogP) is 5.08. The number of hydrogen-bond acceptors (Lipinski definition) is 3. The molecule has 2 saturated carbocycles. The summed E-state index contributed by atoms with van der Waals surface area (Å²) in [4.78, 5) is 12.6. The lowest BCUT2D eigenvalue weighted by Gasteiger charge is -2.51. The van der Waals surface area contributed by atoms with Crippen molar-refractivity contribution in [3.8, 4) is 0 Å².